The van der Waals surface area contributed by atoms with E-state index in [0.29, 0.717) is 55.0 Å². The fourth-order valence-electron chi connectivity index (χ4n) is 5.51. The lowest BCUT2D eigenvalue weighted by Crippen LogP contribution is -2.54. The molecular formula is C35H34F6O10S3. The molecule has 0 unspecified atom stereocenters. The van der Waals surface area contributed by atoms with E-state index in [1.807, 2.05) is 0 Å². The number of hydrogen-bond donors (Lipinski definition) is 2. The zero-order valence-corrected chi connectivity index (χ0v) is 31.5. The number of halogens is 6. The van der Waals surface area contributed by atoms with Crippen molar-refractivity contribution in [3.05, 3.63) is 102 Å². The zero-order chi connectivity index (χ0) is 40.9. The summed E-state index contributed by atoms with van der Waals surface area (Å²) in [6.07, 6.45) is -11.4. The van der Waals surface area contributed by atoms with Crippen molar-refractivity contribution in [2.45, 2.75) is 89.9 Å². The number of benzene rings is 4. The third-order valence-corrected chi connectivity index (χ3v) is 12.1. The van der Waals surface area contributed by atoms with Crippen LogP contribution in [0, 0.1) is 0 Å². The predicted octanol–water partition coefficient (Wildman–Crippen LogP) is 8.91. The average Bonchev–Trinajstić information content (AvgIpc) is 3.04. The maximum absolute atomic E-state index is 14.7. The van der Waals surface area contributed by atoms with Crippen LogP contribution in [0.25, 0.3) is 0 Å². The van der Waals surface area contributed by atoms with Crippen molar-refractivity contribution in [1.29, 1.82) is 0 Å². The molecule has 2 N–H and O–H groups in total. The normalized spacial score (nSPS) is 13.6. The van der Waals surface area contributed by atoms with Gasteiger partial charge in [0.1, 0.15) is 27.7 Å². The number of hydrogen-bond acceptors (Lipinski definition) is 8. The Labute approximate surface area is 308 Å². The second-order valence-electron chi connectivity index (χ2n) is 13.0. The molecule has 0 fully saturated rings. The number of sulfone groups is 1. The molecule has 0 amide bonds. The first-order valence-electron chi connectivity index (χ1n) is 15.8. The minimum absolute atomic E-state index is 0.0351. The van der Waals surface area contributed by atoms with Crippen LogP contribution in [0.15, 0.2) is 105 Å². The average molecular weight is 825 g/mol. The van der Waals surface area contributed by atoms with Gasteiger partial charge in [-0.05, 0) is 97.5 Å². The Morgan fingerprint density at radius 2 is 1.06 bits per heavy atom. The van der Waals surface area contributed by atoms with Gasteiger partial charge in [-0.2, -0.15) is 43.2 Å². The van der Waals surface area contributed by atoms with Crippen molar-refractivity contribution in [1.82, 2.24) is 0 Å². The highest BCUT2D eigenvalue weighted by Crippen LogP contribution is 2.56. The highest BCUT2D eigenvalue weighted by atomic mass is 32.2. The standard InChI is InChI=1S/C35H34F6O10S3/c1-6-32(4,5)51-25-13-9-23(10-14-25)33(34(36,37)38,35(39,40)41)22-7-11-24(12-8-22)50-29-18-16-27(20-31(29)54(47,48)49)52(42,43)26-15-17-28(21(2)3)30(19-26)53(44,45)46/h7-21H,6H2,1-5H3,(H,44,45,46)(H,47,48,49). The lowest BCUT2D eigenvalue weighted by molar-refractivity contribution is -0.288. The van der Waals surface area contributed by atoms with E-state index in [0.717, 1.165) is 36.4 Å². The van der Waals surface area contributed by atoms with Crippen LogP contribution in [0.2, 0.25) is 0 Å². The molecule has 0 aliphatic rings. The van der Waals surface area contributed by atoms with Crippen LogP contribution < -0.4 is 9.47 Å². The first-order chi connectivity index (χ1) is 24.6. The second-order valence-corrected chi connectivity index (χ2v) is 17.8. The SMILES string of the molecule is CCC(C)(C)Oc1ccc(C(c2ccc(Oc3ccc(S(=O)(=O)c4ccc(C(C)C)c(S(=O)(=O)O)c4)cc3S(=O)(=O)O)cc2)(C(F)(F)F)C(F)(F)F)cc1. The first-order valence-corrected chi connectivity index (χ1v) is 20.1. The third-order valence-electron chi connectivity index (χ3n) is 8.60. The van der Waals surface area contributed by atoms with Crippen molar-refractivity contribution >= 4 is 30.1 Å². The molecule has 4 aromatic rings. The summed E-state index contributed by atoms with van der Waals surface area (Å²) in [5.74, 6) is -1.72. The lowest BCUT2D eigenvalue weighted by Gasteiger charge is -2.38. The molecule has 4 aromatic carbocycles. The van der Waals surface area contributed by atoms with Gasteiger partial charge < -0.3 is 9.47 Å². The molecule has 0 aromatic heterocycles. The van der Waals surface area contributed by atoms with Gasteiger partial charge in [-0.1, -0.05) is 51.1 Å². The Morgan fingerprint density at radius 1 is 0.630 bits per heavy atom. The Kier molecular flexibility index (Phi) is 11.4. The van der Waals surface area contributed by atoms with E-state index in [1.165, 1.54) is 0 Å². The molecular weight excluding hydrogens is 791 g/mol. The predicted molar refractivity (Wildman–Crippen MR) is 183 cm³/mol. The van der Waals surface area contributed by atoms with Gasteiger partial charge in [-0.15, -0.1) is 0 Å². The smallest absolute Gasteiger partial charge is 0.411 e. The van der Waals surface area contributed by atoms with Crippen LogP contribution in [-0.2, 0) is 35.5 Å². The van der Waals surface area contributed by atoms with E-state index in [1.54, 1.807) is 34.6 Å². The van der Waals surface area contributed by atoms with E-state index < -0.39 is 102 Å². The monoisotopic (exact) mass is 824 g/mol. The molecule has 54 heavy (non-hydrogen) atoms. The van der Waals surface area contributed by atoms with Crippen molar-refractivity contribution < 1.29 is 70.2 Å². The Bertz CT molecular complexity index is 2340. The molecule has 0 saturated heterocycles. The molecule has 0 aliphatic carbocycles. The van der Waals surface area contributed by atoms with Gasteiger partial charge >= 0.3 is 12.4 Å². The largest absolute Gasteiger partial charge is 0.488 e. The summed E-state index contributed by atoms with van der Waals surface area (Å²) in [5, 5.41) is 0. The molecule has 0 aliphatic heterocycles. The van der Waals surface area contributed by atoms with E-state index in [2.05, 4.69) is 0 Å². The quantitative estimate of drug-likeness (QED) is 0.104. The van der Waals surface area contributed by atoms with Gasteiger partial charge in [0.2, 0.25) is 15.3 Å². The van der Waals surface area contributed by atoms with Crippen LogP contribution in [0.4, 0.5) is 26.3 Å². The number of alkyl halides is 6. The summed E-state index contributed by atoms with van der Waals surface area (Å²) >= 11 is 0. The summed E-state index contributed by atoms with van der Waals surface area (Å²) in [5.41, 5.74) is -7.68. The maximum atomic E-state index is 14.7. The van der Waals surface area contributed by atoms with Gasteiger partial charge in [0.25, 0.3) is 20.2 Å². The zero-order valence-electron chi connectivity index (χ0n) is 29.0. The molecule has 0 radical (unpaired) electrons. The fraction of sp³-hybridized carbons (Fsp3) is 0.314. The van der Waals surface area contributed by atoms with Gasteiger partial charge in [0.15, 0.2) is 0 Å². The highest BCUT2D eigenvalue weighted by Gasteiger charge is 2.72. The molecule has 0 bridgehead atoms. The summed E-state index contributed by atoms with van der Waals surface area (Å²) in [4.78, 5) is -3.38. The van der Waals surface area contributed by atoms with Gasteiger partial charge in [0.05, 0.1) is 14.7 Å². The summed E-state index contributed by atoms with van der Waals surface area (Å²) in [6, 6.07) is 10.4. The van der Waals surface area contributed by atoms with Crippen molar-refractivity contribution in [3.8, 4) is 17.2 Å². The Hall–Kier alpha value is -4.17. The maximum Gasteiger partial charge on any atom is 0.411 e. The molecule has 4 rings (SSSR count). The minimum Gasteiger partial charge on any atom is -0.488 e. The van der Waals surface area contributed by atoms with E-state index >= 15 is 0 Å². The van der Waals surface area contributed by atoms with Crippen LogP contribution in [0.3, 0.4) is 0 Å². The molecule has 10 nitrogen and oxygen atoms in total. The van der Waals surface area contributed by atoms with E-state index in [-0.39, 0.29) is 11.3 Å². The molecule has 0 spiro atoms. The molecule has 294 valence electrons. The molecule has 19 heteroatoms. The molecule has 0 atom stereocenters. The topological polar surface area (TPSA) is 161 Å². The van der Waals surface area contributed by atoms with Crippen LogP contribution in [0.1, 0.15) is 63.6 Å². The fourth-order valence-corrected chi connectivity index (χ4v) is 8.49. The Morgan fingerprint density at radius 3 is 1.46 bits per heavy atom. The third kappa shape index (κ3) is 8.39. The number of rotatable bonds is 12. The van der Waals surface area contributed by atoms with Gasteiger partial charge in [-0.3, -0.25) is 9.11 Å². The van der Waals surface area contributed by atoms with Gasteiger partial charge in [-0.25, -0.2) is 8.42 Å². The molecule has 0 saturated carbocycles. The van der Waals surface area contributed by atoms with Crippen molar-refractivity contribution in [3.63, 3.8) is 0 Å². The van der Waals surface area contributed by atoms with Crippen molar-refractivity contribution in [2.24, 2.45) is 0 Å². The van der Waals surface area contributed by atoms with Crippen LogP contribution in [0.5, 0.6) is 17.2 Å². The second kappa shape index (κ2) is 14.5. The lowest BCUT2D eigenvalue weighted by atomic mass is 9.73. The summed E-state index contributed by atoms with van der Waals surface area (Å²) in [7, 11) is -15.0. The first kappa shape index (κ1) is 42.6. The molecule has 0 heterocycles. The van der Waals surface area contributed by atoms with E-state index in [4.69, 9.17) is 9.47 Å². The minimum atomic E-state index is -5.94. The highest BCUT2D eigenvalue weighted by molar-refractivity contribution is 7.91. The van der Waals surface area contributed by atoms with Gasteiger partial charge in [0, 0.05) is 0 Å². The number of ether oxygens (including phenoxy) is 2. The summed E-state index contributed by atoms with van der Waals surface area (Å²) < 4.78 is 195. The van der Waals surface area contributed by atoms with Crippen molar-refractivity contribution in [2.75, 3.05) is 0 Å². The van der Waals surface area contributed by atoms with Crippen LogP contribution in [-0.4, -0.2) is 52.3 Å². The van der Waals surface area contributed by atoms with E-state index in [9.17, 15) is 60.7 Å². The summed E-state index contributed by atoms with van der Waals surface area (Å²) in [6.45, 7) is 8.31. The Balaban J connectivity index is 1.78. The van der Waals surface area contributed by atoms with Crippen LogP contribution >= 0.6 is 0 Å².